The zero-order chi connectivity index (χ0) is 38.3. The topological polar surface area (TPSA) is 51.6 Å². The molecule has 8 aromatic rings. The van der Waals surface area contributed by atoms with Gasteiger partial charge in [0, 0.05) is 11.1 Å². The maximum atomic E-state index is 5.41. The molecule has 9 rings (SSSR count). The van der Waals surface area contributed by atoms with Crippen molar-refractivity contribution in [3.05, 3.63) is 213 Å². The monoisotopic (exact) mass is 759 g/mol. The number of hydrogen-bond acceptors (Lipinski definition) is 4. The molecule has 270 valence electrons. The van der Waals surface area contributed by atoms with Crippen molar-refractivity contribution >= 4 is 43.7 Å². The van der Waals surface area contributed by atoms with Gasteiger partial charge in [0.2, 0.25) is 0 Å². The van der Waals surface area contributed by atoms with E-state index in [0.29, 0.717) is 5.69 Å². The van der Waals surface area contributed by atoms with E-state index in [0.717, 1.165) is 102 Å². The molecular weight excluding hydrogens is 720 g/mol. The van der Waals surface area contributed by atoms with Crippen LogP contribution in [0.5, 0.6) is 0 Å². The summed E-state index contributed by atoms with van der Waals surface area (Å²) in [5.41, 5.74) is 11.9. The van der Waals surface area contributed by atoms with Crippen LogP contribution in [0.2, 0.25) is 0 Å². The quantitative estimate of drug-likeness (QED) is 0.0534. The van der Waals surface area contributed by atoms with E-state index < -0.39 is 0 Å². The summed E-state index contributed by atoms with van der Waals surface area (Å²) in [6.07, 6.45) is 19.8. The Morgan fingerprint density at radius 2 is 1.19 bits per heavy atom. The second kappa shape index (κ2) is 18.6. The van der Waals surface area contributed by atoms with Crippen LogP contribution >= 0.6 is 0 Å². The predicted molar refractivity (Wildman–Crippen MR) is 235 cm³/mol. The Morgan fingerprint density at radius 3 is 1.79 bits per heavy atom. The van der Waals surface area contributed by atoms with Crippen LogP contribution in [-0.4, -0.2) is 19.9 Å². The molecule has 0 fully saturated rings. The molecule has 1 aliphatic rings. The van der Waals surface area contributed by atoms with Gasteiger partial charge in [0.25, 0.3) is 0 Å². The number of fused-ring (bicyclic) bond motifs is 3. The zero-order valence-corrected chi connectivity index (χ0v) is 35.5. The molecule has 0 amide bonds. The van der Waals surface area contributed by atoms with E-state index in [1.54, 1.807) is 6.08 Å². The SMILES string of the molecule is C=CC.[CH2-]/C(=C\C=[C-]c1nc2ccccc2nc1-c1ccccc1)c1c2ccccc2c(-c2cnc(-c3ccccc3)c(C3=CCCC=C3)n2)c2ccccc12.[K+]. The molecule has 0 unspecified atom stereocenters. The first-order valence-corrected chi connectivity index (χ1v) is 18.9. The second-order valence-corrected chi connectivity index (χ2v) is 13.5. The van der Waals surface area contributed by atoms with Gasteiger partial charge in [-0.25, -0.2) is 4.98 Å². The van der Waals surface area contributed by atoms with Crippen molar-refractivity contribution in [2.75, 3.05) is 0 Å². The Labute approximate surface area is 377 Å². The van der Waals surface area contributed by atoms with Crippen LogP contribution in [0.15, 0.2) is 183 Å². The van der Waals surface area contributed by atoms with Gasteiger partial charge in [-0.2, -0.15) is 30.7 Å². The van der Waals surface area contributed by atoms with Gasteiger partial charge in [-0.3, -0.25) is 9.97 Å². The van der Waals surface area contributed by atoms with Gasteiger partial charge in [0.1, 0.15) is 0 Å². The molecule has 4 nitrogen and oxygen atoms in total. The van der Waals surface area contributed by atoms with E-state index >= 15 is 0 Å². The van der Waals surface area contributed by atoms with Gasteiger partial charge in [0.15, 0.2) is 0 Å². The molecule has 6 aromatic carbocycles. The number of benzene rings is 6. The Balaban J connectivity index is 0.00000120. The van der Waals surface area contributed by atoms with E-state index in [1.807, 2.05) is 85.9 Å². The molecule has 0 saturated carbocycles. The van der Waals surface area contributed by atoms with Gasteiger partial charge < -0.3 is 4.98 Å². The van der Waals surface area contributed by atoms with Crippen molar-refractivity contribution < 1.29 is 51.4 Å². The average molecular weight is 760 g/mol. The fraction of sp³-hybridized carbons (Fsp3) is 0.0577. The molecule has 0 aliphatic heterocycles. The third kappa shape index (κ3) is 8.45. The number of para-hydroxylation sites is 2. The summed E-state index contributed by atoms with van der Waals surface area (Å²) in [5.74, 6) is 0. The summed E-state index contributed by atoms with van der Waals surface area (Å²) < 4.78 is 0. The van der Waals surface area contributed by atoms with Gasteiger partial charge in [0.05, 0.1) is 34.3 Å². The average Bonchev–Trinajstić information content (AvgIpc) is 3.26. The predicted octanol–water partition coefficient (Wildman–Crippen LogP) is 10.3. The summed E-state index contributed by atoms with van der Waals surface area (Å²) in [6, 6.07) is 45.5. The first-order chi connectivity index (χ1) is 27.6. The molecule has 0 radical (unpaired) electrons. The molecule has 1 aliphatic carbocycles. The molecule has 0 spiro atoms. The van der Waals surface area contributed by atoms with Crippen LogP contribution in [0.3, 0.4) is 0 Å². The maximum Gasteiger partial charge on any atom is 1.00 e. The van der Waals surface area contributed by atoms with Crippen molar-refractivity contribution in [3.63, 3.8) is 0 Å². The van der Waals surface area contributed by atoms with Crippen molar-refractivity contribution in [2.45, 2.75) is 19.8 Å². The number of aromatic nitrogens is 4. The number of hydrogen-bond donors (Lipinski definition) is 0. The first kappa shape index (κ1) is 39.7. The number of rotatable bonds is 7. The third-order valence-corrected chi connectivity index (χ3v) is 9.72. The van der Waals surface area contributed by atoms with E-state index in [9.17, 15) is 0 Å². The van der Waals surface area contributed by atoms with Crippen LogP contribution in [-0.2, 0) is 0 Å². The Hall–Kier alpha value is -5.53. The van der Waals surface area contributed by atoms with Crippen molar-refractivity contribution in [3.8, 4) is 33.8 Å². The fourth-order valence-electron chi connectivity index (χ4n) is 7.26. The van der Waals surface area contributed by atoms with E-state index in [-0.39, 0.29) is 51.4 Å². The summed E-state index contributed by atoms with van der Waals surface area (Å²) in [6.45, 7) is 9.85. The summed E-state index contributed by atoms with van der Waals surface area (Å²) in [4.78, 5) is 20.5. The van der Waals surface area contributed by atoms with E-state index in [2.05, 4.69) is 111 Å². The first-order valence-electron chi connectivity index (χ1n) is 18.9. The fourth-order valence-corrected chi connectivity index (χ4v) is 7.26. The van der Waals surface area contributed by atoms with Crippen molar-refractivity contribution in [1.29, 1.82) is 0 Å². The molecule has 0 N–H and O–H groups in total. The Kier molecular flexibility index (Phi) is 13.0. The van der Waals surface area contributed by atoms with Gasteiger partial charge in [-0.1, -0.05) is 162 Å². The van der Waals surface area contributed by atoms with Crippen LogP contribution in [0.25, 0.3) is 77.5 Å². The minimum atomic E-state index is 0. The molecule has 57 heavy (non-hydrogen) atoms. The van der Waals surface area contributed by atoms with Crippen LogP contribution in [0.1, 0.15) is 36.7 Å². The molecule has 2 heterocycles. The molecule has 0 bridgehead atoms. The number of allylic oxidation sites excluding steroid dienone is 8. The minimum absolute atomic E-state index is 0. The van der Waals surface area contributed by atoms with Crippen molar-refractivity contribution in [1.82, 2.24) is 19.9 Å². The Morgan fingerprint density at radius 1 is 0.649 bits per heavy atom. The van der Waals surface area contributed by atoms with Gasteiger partial charge in [-0.15, -0.1) is 12.1 Å². The molecule has 5 heteroatoms. The van der Waals surface area contributed by atoms with Crippen LogP contribution < -0.4 is 51.4 Å². The molecule has 0 saturated heterocycles. The standard InChI is InChI=1S/C49H34N4.C3H6.K/c1-33(18-17-31-43-47(34-19-5-2-6-20-34)52-42-30-16-15-29-41(42)51-43)45-37-25-11-13-27-39(37)46(40-28-14-12-26-38(40)45)44-32-50-48(35-21-7-3-8-22-35)49(53-44)36-23-9-4-10-24-36;1-3-2;/h2-3,5-9,11-30,32H,1,4,10H2;3H,1H2,2H3;/q-2;;+1/b33-18+;;. The molecular formula is C52H40KN4-. The second-order valence-electron chi connectivity index (χ2n) is 13.5. The third-order valence-electron chi connectivity index (χ3n) is 9.72. The number of nitrogens with zero attached hydrogens (tertiary/aromatic N) is 4. The Bertz CT molecular complexity index is 2780. The minimum Gasteiger partial charge on any atom is -0.307 e. The van der Waals surface area contributed by atoms with Gasteiger partial charge in [-0.05, 0) is 59.6 Å². The van der Waals surface area contributed by atoms with Crippen LogP contribution in [0, 0.1) is 13.0 Å². The molecule has 0 atom stereocenters. The van der Waals surface area contributed by atoms with Crippen LogP contribution in [0.4, 0.5) is 0 Å². The summed E-state index contributed by atoms with van der Waals surface area (Å²) >= 11 is 0. The van der Waals surface area contributed by atoms with Gasteiger partial charge >= 0.3 is 51.4 Å². The summed E-state index contributed by atoms with van der Waals surface area (Å²) in [5, 5.41) is 4.38. The van der Waals surface area contributed by atoms with E-state index in [4.69, 9.17) is 19.9 Å². The molecule has 2 aromatic heterocycles. The smallest absolute Gasteiger partial charge is 0.307 e. The van der Waals surface area contributed by atoms with Crippen molar-refractivity contribution in [2.24, 2.45) is 0 Å². The summed E-state index contributed by atoms with van der Waals surface area (Å²) in [7, 11) is 0. The normalized spacial score (nSPS) is 12.6. The maximum absolute atomic E-state index is 5.41. The zero-order valence-electron chi connectivity index (χ0n) is 32.4. The van der Waals surface area contributed by atoms with E-state index in [1.165, 1.54) is 0 Å². The largest absolute Gasteiger partial charge is 1.00 e.